The van der Waals surface area contributed by atoms with Crippen LogP contribution in [0, 0.1) is 13.8 Å². The molecule has 0 aromatic carbocycles. The van der Waals surface area contributed by atoms with Gasteiger partial charge in [0.1, 0.15) is 11.4 Å². The minimum absolute atomic E-state index is 0.114. The summed E-state index contributed by atoms with van der Waals surface area (Å²) in [5.41, 5.74) is 1.51. The van der Waals surface area contributed by atoms with E-state index in [9.17, 15) is 15.0 Å². The van der Waals surface area contributed by atoms with Gasteiger partial charge in [-0.1, -0.05) is 0 Å². The monoisotopic (exact) mass is 268 g/mol. The number of carboxylic acid groups (broad SMARTS) is 1. The molecule has 0 spiro atoms. The smallest absolute Gasteiger partial charge is 0.339 e. The minimum atomic E-state index is -1.03. The van der Waals surface area contributed by atoms with Gasteiger partial charge in [0.05, 0.1) is 12.6 Å². The van der Waals surface area contributed by atoms with Crippen LogP contribution in [0.1, 0.15) is 28.0 Å². The summed E-state index contributed by atoms with van der Waals surface area (Å²) in [6.07, 6.45) is 0.570. The third kappa shape index (κ3) is 4.18. The van der Waals surface area contributed by atoms with Gasteiger partial charge in [-0.3, -0.25) is 0 Å². The van der Waals surface area contributed by atoms with Crippen LogP contribution in [0.15, 0.2) is 6.07 Å². The Morgan fingerprint density at radius 2 is 2.21 bits per heavy atom. The second kappa shape index (κ2) is 7.06. The van der Waals surface area contributed by atoms with Crippen LogP contribution in [0.4, 0.5) is 5.82 Å². The molecule has 1 rings (SSSR count). The molecule has 0 bridgehead atoms. The van der Waals surface area contributed by atoms with Gasteiger partial charge in [0.25, 0.3) is 0 Å². The van der Waals surface area contributed by atoms with E-state index in [1.165, 1.54) is 0 Å². The van der Waals surface area contributed by atoms with Gasteiger partial charge < -0.3 is 20.3 Å². The van der Waals surface area contributed by atoms with Gasteiger partial charge in [-0.15, -0.1) is 0 Å². The number of hydrogen-bond acceptors (Lipinski definition) is 5. The molecule has 1 atom stereocenters. The van der Waals surface area contributed by atoms with E-state index in [-0.39, 0.29) is 18.2 Å². The maximum Gasteiger partial charge on any atom is 0.339 e. The number of nitrogens with zero attached hydrogens (tertiary/aromatic N) is 1. The van der Waals surface area contributed by atoms with E-state index in [2.05, 4.69) is 10.3 Å². The summed E-state index contributed by atoms with van der Waals surface area (Å²) >= 11 is 0. The maximum absolute atomic E-state index is 11.3. The van der Waals surface area contributed by atoms with Crippen molar-refractivity contribution >= 4 is 11.8 Å². The standard InChI is InChI=1S/C13H20N2O4/c1-8-6-9(2)14-12(11(8)13(17)18)15-10(7-16)4-5-19-3/h6,10,16H,4-5,7H2,1-3H3,(H,14,15)(H,17,18). The zero-order chi connectivity index (χ0) is 14.4. The first-order valence-electron chi connectivity index (χ1n) is 6.07. The maximum atomic E-state index is 11.3. The lowest BCUT2D eigenvalue weighted by Crippen LogP contribution is -2.27. The number of aryl methyl sites for hydroxylation is 2. The van der Waals surface area contributed by atoms with Crippen LogP contribution in [0.5, 0.6) is 0 Å². The van der Waals surface area contributed by atoms with Gasteiger partial charge in [-0.25, -0.2) is 9.78 Å². The summed E-state index contributed by atoms with van der Waals surface area (Å²) in [6, 6.07) is 1.43. The van der Waals surface area contributed by atoms with E-state index in [4.69, 9.17) is 4.74 Å². The average molecular weight is 268 g/mol. The molecule has 1 aromatic rings. The Morgan fingerprint density at radius 1 is 1.53 bits per heavy atom. The molecule has 3 N–H and O–H groups in total. The molecule has 106 valence electrons. The van der Waals surface area contributed by atoms with Gasteiger partial charge in [0.2, 0.25) is 0 Å². The lowest BCUT2D eigenvalue weighted by atomic mass is 10.1. The van der Waals surface area contributed by atoms with Crippen molar-refractivity contribution in [2.75, 3.05) is 25.6 Å². The number of aromatic carboxylic acids is 1. The number of rotatable bonds is 7. The lowest BCUT2D eigenvalue weighted by molar-refractivity contribution is 0.0696. The molecule has 0 radical (unpaired) electrons. The van der Waals surface area contributed by atoms with Crippen LogP contribution >= 0.6 is 0 Å². The summed E-state index contributed by atoms with van der Waals surface area (Å²) in [5.74, 6) is -0.740. The Kier molecular flexibility index (Phi) is 5.72. The molecular formula is C13H20N2O4. The highest BCUT2D eigenvalue weighted by Crippen LogP contribution is 2.20. The number of ether oxygens (including phenoxy) is 1. The Labute approximate surface area is 112 Å². The first-order chi connectivity index (χ1) is 8.99. The third-order valence-electron chi connectivity index (χ3n) is 2.79. The molecule has 0 aliphatic rings. The number of carboxylic acids is 1. The van der Waals surface area contributed by atoms with E-state index < -0.39 is 5.97 Å². The summed E-state index contributed by atoms with van der Waals surface area (Å²) in [7, 11) is 1.58. The molecule has 19 heavy (non-hydrogen) atoms. The fraction of sp³-hybridized carbons (Fsp3) is 0.538. The highest BCUT2D eigenvalue weighted by Gasteiger charge is 2.18. The molecular weight excluding hydrogens is 248 g/mol. The fourth-order valence-electron chi connectivity index (χ4n) is 1.87. The van der Waals surface area contributed by atoms with Crippen molar-refractivity contribution in [2.24, 2.45) is 0 Å². The molecule has 0 amide bonds. The SMILES string of the molecule is COCCC(CO)Nc1nc(C)cc(C)c1C(=O)O. The third-order valence-corrected chi connectivity index (χ3v) is 2.79. The van der Waals surface area contributed by atoms with Crippen molar-refractivity contribution in [2.45, 2.75) is 26.3 Å². The highest BCUT2D eigenvalue weighted by atomic mass is 16.5. The normalized spacial score (nSPS) is 12.2. The van der Waals surface area contributed by atoms with Crippen LogP contribution in [0.3, 0.4) is 0 Å². The molecule has 0 saturated heterocycles. The van der Waals surface area contributed by atoms with Crippen molar-refractivity contribution in [1.82, 2.24) is 4.98 Å². The molecule has 0 saturated carbocycles. The Hall–Kier alpha value is -1.66. The molecule has 6 heteroatoms. The number of aliphatic hydroxyl groups excluding tert-OH is 1. The Bertz CT molecular complexity index is 449. The number of anilines is 1. The first kappa shape index (κ1) is 15.4. The average Bonchev–Trinajstić information content (AvgIpc) is 2.32. The van der Waals surface area contributed by atoms with E-state index in [0.717, 1.165) is 5.69 Å². The van der Waals surface area contributed by atoms with Crippen molar-refractivity contribution in [3.63, 3.8) is 0 Å². The summed E-state index contributed by atoms with van der Waals surface area (Å²) in [5, 5.41) is 21.5. The Balaban J connectivity index is 3.01. The van der Waals surface area contributed by atoms with Crippen LogP contribution in [0.25, 0.3) is 0 Å². The number of hydrogen-bond donors (Lipinski definition) is 3. The van der Waals surface area contributed by atoms with Crippen LogP contribution in [-0.2, 0) is 4.74 Å². The number of methoxy groups -OCH3 is 1. The van der Waals surface area contributed by atoms with Crippen molar-refractivity contribution in [1.29, 1.82) is 0 Å². The number of aromatic nitrogens is 1. The zero-order valence-corrected chi connectivity index (χ0v) is 11.4. The number of aliphatic hydroxyl groups is 1. The largest absolute Gasteiger partial charge is 0.478 e. The van der Waals surface area contributed by atoms with E-state index in [1.807, 2.05) is 0 Å². The van der Waals surface area contributed by atoms with Crippen LogP contribution in [-0.4, -0.2) is 47.5 Å². The van der Waals surface area contributed by atoms with Crippen molar-refractivity contribution in [3.8, 4) is 0 Å². The van der Waals surface area contributed by atoms with Crippen LogP contribution < -0.4 is 5.32 Å². The number of nitrogens with one attached hydrogen (secondary N) is 1. The molecule has 0 aliphatic heterocycles. The highest BCUT2D eigenvalue weighted by molar-refractivity contribution is 5.94. The predicted molar refractivity (Wildman–Crippen MR) is 71.7 cm³/mol. The minimum Gasteiger partial charge on any atom is -0.478 e. The molecule has 0 aliphatic carbocycles. The number of carbonyl (C=O) groups is 1. The van der Waals surface area contributed by atoms with Gasteiger partial charge in [-0.2, -0.15) is 0 Å². The summed E-state index contributed by atoms with van der Waals surface area (Å²) in [6.45, 7) is 3.89. The van der Waals surface area contributed by atoms with Gasteiger partial charge >= 0.3 is 5.97 Å². The summed E-state index contributed by atoms with van der Waals surface area (Å²) in [4.78, 5) is 15.5. The Morgan fingerprint density at radius 3 is 2.74 bits per heavy atom. The second-order valence-corrected chi connectivity index (χ2v) is 4.41. The van der Waals surface area contributed by atoms with Crippen molar-refractivity contribution in [3.05, 3.63) is 22.9 Å². The number of pyridine rings is 1. The van der Waals surface area contributed by atoms with E-state index >= 15 is 0 Å². The van der Waals surface area contributed by atoms with E-state index in [1.54, 1.807) is 27.0 Å². The molecule has 1 heterocycles. The molecule has 1 aromatic heterocycles. The van der Waals surface area contributed by atoms with E-state index in [0.29, 0.717) is 24.4 Å². The van der Waals surface area contributed by atoms with Gasteiger partial charge in [-0.05, 0) is 31.9 Å². The summed E-state index contributed by atoms with van der Waals surface area (Å²) < 4.78 is 4.95. The second-order valence-electron chi connectivity index (χ2n) is 4.41. The lowest BCUT2D eigenvalue weighted by Gasteiger charge is -2.19. The molecule has 6 nitrogen and oxygen atoms in total. The van der Waals surface area contributed by atoms with Gasteiger partial charge in [0.15, 0.2) is 0 Å². The molecule has 0 fully saturated rings. The molecule has 1 unspecified atom stereocenters. The first-order valence-corrected chi connectivity index (χ1v) is 6.07. The zero-order valence-electron chi connectivity index (χ0n) is 11.4. The van der Waals surface area contributed by atoms with Crippen molar-refractivity contribution < 1.29 is 19.7 Å². The fourth-order valence-corrected chi connectivity index (χ4v) is 1.87. The topological polar surface area (TPSA) is 91.7 Å². The van der Waals surface area contributed by atoms with Crippen LogP contribution in [0.2, 0.25) is 0 Å². The quantitative estimate of drug-likeness (QED) is 0.688. The van der Waals surface area contributed by atoms with Gasteiger partial charge in [0, 0.05) is 19.4 Å². The predicted octanol–water partition coefficient (Wildman–Crippen LogP) is 1.21.